The molecule has 1 spiro atoms. The highest BCUT2D eigenvalue weighted by Crippen LogP contribution is 2.50. The van der Waals surface area contributed by atoms with Crippen molar-refractivity contribution in [3.63, 3.8) is 0 Å². The zero-order chi connectivity index (χ0) is 34.6. The van der Waals surface area contributed by atoms with Crippen molar-refractivity contribution < 1.29 is 38.6 Å². The lowest BCUT2D eigenvalue weighted by atomic mass is 10.0. The Bertz CT molecular complexity index is 1220. The summed E-state index contributed by atoms with van der Waals surface area (Å²) in [5.41, 5.74) is -0.221. The molecule has 262 valence electrons. The lowest BCUT2D eigenvalue weighted by molar-refractivity contribution is -0.148. The third-order valence-electron chi connectivity index (χ3n) is 7.66. The minimum Gasteiger partial charge on any atom is -0.464 e. The first-order chi connectivity index (χ1) is 22.3. The fourth-order valence-corrected chi connectivity index (χ4v) is 8.65. The minimum atomic E-state index is -1.67. The first-order valence-electron chi connectivity index (χ1n) is 16.3. The number of thioether (sulfide) groups is 2. The second-order valence-corrected chi connectivity index (χ2v) is 16.0. The predicted molar refractivity (Wildman–Crippen MR) is 183 cm³/mol. The Morgan fingerprint density at radius 3 is 2.34 bits per heavy atom. The van der Waals surface area contributed by atoms with Crippen molar-refractivity contribution >= 4 is 53.3 Å². The van der Waals surface area contributed by atoms with Crippen LogP contribution < -0.4 is 16.0 Å². The van der Waals surface area contributed by atoms with E-state index in [1.54, 1.807) is 74.6 Å². The summed E-state index contributed by atoms with van der Waals surface area (Å²) in [4.78, 5) is 67.0. The van der Waals surface area contributed by atoms with Crippen LogP contribution in [0.25, 0.3) is 0 Å². The summed E-state index contributed by atoms with van der Waals surface area (Å²) in [6.07, 6.45) is 1.56. The first-order valence-corrected chi connectivity index (χ1v) is 18.3. The van der Waals surface area contributed by atoms with E-state index in [1.807, 2.05) is 13.8 Å². The van der Waals surface area contributed by atoms with Crippen LogP contribution in [0.5, 0.6) is 0 Å². The molecule has 0 bridgehead atoms. The van der Waals surface area contributed by atoms with Gasteiger partial charge in [0.2, 0.25) is 11.8 Å². The van der Waals surface area contributed by atoms with E-state index in [0.717, 1.165) is 24.3 Å². The van der Waals surface area contributed by atoms with Crippen LogP contribution >= 0.6 is 23.5 Å². The molecule has 0 aliphatic carbocycles. The van der Waals surface area contributed by atoms with Crippen molar-refractivity contribution in [1.82, 2.24) is 20.9 Å². The predicted octanol–water partition coefficient (Wildman–Crippen LogP) is 3.53. The number of carbonyl (C=O) groups is 5. The Morgan fingerprint density at radius 2 is 1.72 bits per heavy atom. The fraction of sp³-hybridized carbons (Fsp3) is 0.667. The van der Waals surface area contributed by atoms with Crippen molar-refractivity contribution in [2.45, 2.75) is 107 Å². The van der Waals surface area contributed by atoms with Crippen LogP contribution in [0.3, 0.4) is 0 Å². The number of nitrogens with one attached hydrogen (secondary N) is 3. The van der Waals surface area contributed by atoms with Crippen LogP contribution in [-0.2, 0) is 28.7 Å². The molecule has 4 amide bonds. The van der Waals surface area contributed by atoms with Crippen LogP contribution in [-0.4, -0.2) is 98.9 Å². The summed E-state index contributed by atoms with van der Waals surface area (Å²) in [5, 5.41) is 18.8. The van der Waals surface area contributed by atoms with Gasteiger partial charge in [-0.25, -0.2) is 9.59 Å². The van der Waals surface area contributed by atoms with E-state index < -0.39 is 66.2 Å². The van der Waals surface area contributed by atoms with Crippen LogP contribution in [0.2, 0.25) is 0 Å². The average Bonchev–Trinajstić information content (AvgIpc) is 3.40. The normalized spacial score (nSPS) is 19.3. The lowest BCUT2D eigenvalue weighted by Crippen LogP contribution is -2.56. The number of aliphatic hydroxyl groups excluding tert-OH is 1. The van der Waals surface area contributed by atoms with Gasteiger partial charge in [-0.05, 0) is 57.1 Å². The molecule has 47 heavy (non-hydrogen) atoms. The number of hydrogen-bond donors (Lipinski definition) is 4. The molecule has 2 aliphatic rings. The standard InChI is InChI=1S/C33H50N4O8S2/c1-6-8-16-44-30(42)26(22-14-10-9-11-15-22)36-25(38)20-34-29(41)27(39)23(13-7-2)35-28(40)24-19-33(46-17-12-18-47-33)21-37(24)31(43)45-32(3,4)5/h9-11,14-15,23-24,26-27,39H,6-8,12-13,16-21H2,1-5H3,(H,34,41)(H,35,40)(H,36,38)/t23?,24-,26-,27?/m0/s1. The number of benzene rings is 1. The first kappa shape index (κ1) is 38.5. The van der Waals surface area contributed by atoms with Gasteiger partial charge in [-0.15, -0.1) is 23.5 Å². The fourth-order valence-electron chi connectivity index (χ4n) is 5.30. The Balaban J connectivity index is 1.64. The number of carbonyl (C=O) groups excluding carboxylic acids is 5. The SMILES string of the molecule is CCCCOC(=O)[C@@H](NC(=O)CNC(=O)C(O)C(CCC)NC(=O)[C@@H]1CC2(CN1C(=O)OC(C)(C)C)SCCCS2)c1ccccc1. The van der Waals surface area contributed by atoms with Crippen molar-refractivity contribution in [2.75, 3.05) is 31.2 Å². The van der Waals surface area contributed by atoms with Gasteiger partial charge in [-0.2, -0.15) is 0 Å². The summed E-state index contributed by atoms with van der Waals surface area (Å²) in [6.45, 7) is 9.18. The van der Waals surface area contributed by atoms with Crippen molar-refractivity contribution in [1.29, 1.82) is 0 Å². The highest BCUT2D eigenvalue weighted by atomic mass is 32.2. The Labute approximate surface area is 286 Å². The maximum Gasteiger partial charge on any atom is 0.411 e. The molecule has 0 radical (unpaired) electrons. The second kappa shape index (κ2) is 18.0. The molecule has 2 heterocycles. The van der Waals surface area contributed by atoms with E-state index in [2.05, 4.69) is 16.0 Å². The molecule has 2 aliphatic heterocycles. The zero-order valence-corrected chi connectivity index (χ0v) is 29.7. The van der Waals surface area contributed by atoms with E-state index in [9.17, 15) is 29.1 Å². The molecular formula is C33H50N4O8S2. The van der Waals surface area contributed by atoms with E-state index >= 15 is 0 Å². The Morgan fingerprint density at radius 1 is 1.04 bits per heavy atom. The molecule has 14 heteroatoms. The molecule has 2 unspecified atom stereocenters. The van der Waals surface area contributed by atoms with Gasteiger partial charge in [0.1, 0.15) is 11.6 Å². The average molecular weight is 695 g/mol. The molecule has 0 aromatic heterocycles. The van der Waals surface area contributed by atoms with Gasteiger partial charge >= 0.3 is 12.1 Å². The number of esters is 1. The van der Waals surface area contributed by atoms with E-state index in [0.29, 0.717) is 31.4 Å². The number of amides is 4. The number of rotatable bonds is 14. The number of nitrogens with zero attached hydrogens (tertiary/aromatic N) is 1. The van der Waals surface area contributed by atoms with Gasteiger partial charge < -0.3 is 30.5 Å². The lowest BCUT2D eigenvalue weighted by Gasteiger charge is -2.32. The number of ether oxygens (including phenoxy) is 2. The third-order valence-corrected chi connectivity index (χ3v) is 11.0. The molecule has 12 nitrogen and oxygen atoms in total. The van der Waals surface area contributed by atoms with Crippen molar-refractivity contribution in [3.8, 4) is 0 Å². The highest BCUT2D eigenvalue weighted by molar-refractivity contribution is 8.18. The summed E-state index contributed by atoms with van der Waals surface area (Å²) in [5.74, 6) is -0.745. The minimum absolute atomic E-state index is 0.219. The number of aliphatic hydroxyl groups is 1. The van der Waals surface area contributed by atoms with Gasteiger partial charge in [0.05, 0.1) is 23.3 Å². The molecule has 1 aromatic carbocycles. The van der Waals surface area contributed by atoms with Crippen LogP contribution in [0, 0.1) is 0 Å². The van der Waals surface area contributed by atoms with Gasteiger partial charge in [-0.1, -0.05) is 57.0 Å². The molecule has 1 aromatic rings. The molecule has 0 saturated carbocycles. The molecule has 2 saturated heterocycles. The Kier molecular flexibility index (Phi) is 14.7. The van der Waals surface area contributed by atoms with Crippen molar-refractivity contribution in [3.05, 3.63) is 35.9 Å². The van der Waals surface area contributed by atoms with Crippen LogP contribution in [0.1, 0.15) is 84.7 Å². The Hall–Kier alpha value is -2.97. The van der Waals surface area contributed by atoms with E-state index in [-0.39, 0.29) is 17.1 Å². The van der Waals surface area contributed by atoms with Gasteiger partial charge in [-0.3, -0.25) is 19.3 Å². The van der Waals surface area contributed by atoms with Crippen molar-refractivity contribution in [2.24, 2.45) is 0 Å². The third kappa shape index (κ3) is 11.6. The molecule has 3 rings (SSSR count). The molecule has 4 atom stereocenters. The number of hydrogen-bond acceptors (Lipinski definition) is 10. The van der Waals surface area contributed by atoms with Gasteiger partial charge in [0, 0.05) is 13.0 Å². The highest BCUT2D eigenvalue weighted by Gasteiger charge is 2.51. The zero-order valence-electron chi connectivity index (χ0n) is 28.0. The number of unbranched alkanes of at least 4 members (excludes halogenated alkanes) is 1. The van der Waals surface area contributed by atoms with Gasteiger partial charge in [0.15, 0.2) is 12.1 Å². The second-order valence-electron chi connectivity index (χ2n) is 12.8. The summed E-state index contributed by atoms with van der Waals surface area (Å²) in [6, 6.07) is 5.75. The quantitative estimate of drug-likeness (QED) is 0.167. The molecule has 4 N–H and O–H groups in total. The summed E-state index contributed by atoms with van der Waals surface area (Å²) in [7, 11) is 0. The topological polar surface area (TPSA) is 163 Å². The smallest absolute Gasteiger partial charge is 0.411 e. The molecule has 2 fully saturated rings. The van der Waals surface area contributed by atoms with E-state index in [4.69, 9.17) is 9.47 Å². The van der Waals surface area contributed by atoms with E-state index in [1.165, 1.54) is 4.90 Å². The number of likely N-dealkylation sites (tertiary alicyclic amines) is 1. The summed E-state index contributed by atoms with van der Waals surface area (Å²) >= 11 is 3.49. The van der Waals surface area contributed by atoms with Crippen LogP contribution in [0.4, 0.5) is 4.79 Å². The maximum atomic E-state index is 13.7. The molecular weight excluding hydrogens is 645 g/mol. The maximum absolute atomic E-state index is 13.7. The monoisotopic (exact) mass is 694 g/mol. The van der Waals surface area contributed by atoms with Gasteiger partial charge in [0.25, 0.3) is 5.91 Å². The largest absolute Gasteiger partial charge is 0.464 e. The summed E-state index contributed by atoms with van der Waals surface area (Å²) < 4.78 is 10.6. The van der Waals surface area contributed by atoms with Crippen LogP contribution in [0.15, 0.2) is 30.3 Å².